The van der Waals surface area contributed by atoms with Crippen molar-refractivity contribution in [2.45, 2.75) is 6.18 Å². The van der Waals surface area contributed by atoms with E-state index in [0.29, 0.717) is 6.07 Å². The molecule has 0 N–H and O–H groups in total. The highest BCUT2D eigenvalue weighted by Gasteiger charge is 2.31. The van der Waals surface area contributed by atoms with Crippen LogP contribution < -0.4 is 0 Å². The van der Waals surface area contributed by atoms with E-state index in [1.165, 1.54) is 6.20 Å². The summed E-state index contributed by atoms with van der Waals surface area (Å²) in [6, 6.07) is 2.53. The van der Waals surface area contributed by atoms with Crippen molar-refractivity contribution in [3.63, 3.8) is 0 Å². The molecule has 2 nitrogen and oxygen atoms in total. The van der Waals surface area contributed by atoms with Crippen LogP contribution in [-0.2, 0) is 6.18 Å². The van der Waals surface area contributed by atoms with Crippen molar-refractivity contribution in [3.8, 4) is 11.3 Å². The average molecular weight is 277 g/mol. The summed E-state index contributed by atoms with van der Waals surface area (Å²) in [5.74, 6) is -0.664. The predicted octanol–water partition coefficient (Wildman–Crippen LogP) is 3.95. The van der Waals surface area contributed by atoms with Gasteiger partial charge in [-0.15, -0.1) is 0 Å². The number of hydrogen-bond donors (Lipinski definition) is 0. The molecular formula is C11H5ClF4N2. The topological polar surface area (TPSA) is 25.8 Å². The van der Waals surface area contributed by atoms with Crippen molar-refractivity contribution >= 4 is 11.6 Å². The number of aromatic nitrogens is 2. The van der Waals surface area contributed by atoms with Gasteiger partial charge in [0.25, 0.3) is 0 Å². The molecule has 0 radical (unpaired) electrons. The second-order valence-electron chi connectivity index (χ2n) is 3.45. The van der Waals surface area contributed by atoms with Crippen molar-refractivity contribution in [1.82, 2.24) is 9.97 Å². The first-order valence-electron chi connectivity index (χ1n) is 4.72. The van der Waals surface area contributed by atoms with Gasteiger partial charge in [0.1, 0.15) is 11.0 Å². The van der Waals surface area contributed by atoms with Crippen molar-refractivity contribution in [3.05, 3.63) is 47.1 Å². The standard InChI is InChI=1S/C11H5ClF4N2/c12-10-3-7(11(14,15)16)2-9(18-10)6-1-8(13)5-17-4-6/h1-5H. The molecule has 0 aliphatic rings. The summed E-state index contributed by atoms with van der Waals surface area (Å²) in [7, 11) is 0. The maximum atomic E-state index is 12.9. The van der Waals surface area contributed by atoms with Gasteiger partial charge in [-0.2, -0.15) is 13.2 Å². The van der Waals surface area contributed by atoms with Gasteiger partial charge in [0.15, 0.2) is 0 Å². The first kappa shape index (κ1) is 12.8. The molecule has 2 rings (SSSR count). The molecule has 2 aromatic rings. The first-order valence-corrected chi connectivity index (χ1v) is 5.10. The third-order valence-corrected chi connectivity index (χ3v) is 2.32. The molecule has 0 aliphatic carbocycles. The van der Waals surface area contributed by atoms with E-state index in [4.69, 9.17) is 11.6 Å². The van der Waals surface area contributed by atoms with Crippen molar-refractivity contribution in [1.29, 1.82) is 0 Å². The van der Waals surface area contributed by atoms with Crippen LogP contribution in [0.15, 0.2) is 30.6 Å². The SMILES string of the molecule is Fc1cncc(-c2cc(C(F)(F)F)cc(Cl)n2)c1. The molecule has 0 saturated heterocycles. The second-order valence-corrected chi connectivity index (χ2v) is 3.84. The Balaban J connectivity index is 2.55. The van der Waals surface area contributed by atoms with Crippen LogP contribution in [0.4, 0.5) is 17.6 Å². The van der Waals surface area contributed by atoms with Gasteiger partial charge in [0.05, 0.1) is 17.5 Å². The van der Waals surface area contributed by atoms with Gasteiger partial charge in [0, 0.05) is 11.8 Å². The molecule has 0 atom stereocenters. The van der Waals surface area contributed by atoms with Crippen molar-refractivity contribution in [2.75, 3.05) is 0 Å². The van der Waals surface area contributed by atoms with Crippen LogP contribution in [-0.4, -0.2) is 9.97 Å². The van der Waals surface area contributed by atoms with Gasteiger partial charge >= 0.3 is 6.18 Å². The third kappa shape index (κ3) is 2.76. The summed E-state index contributed by atoms with van der Waals surface area (Å²) < 4.78 is 50.6. The number of pyridine rings is 2. The number of nitrogens with zero attached hydrogens (tertiary/aromatic N) is 2. The Morgan fingerprint density at radius 1 is 1.06 bits per heavy atom. The van der Waals surface area contributed by atoms with Gasteiger partial charge in [-0.25, -0.2) is 9.37 Å². The van der Waals surface area contributed by atoms with Crippen LogP contribution in [0.5, 0.6) is 0 Å². The summed E-state index contributed by atoms with van der Waals surface area (Å²) in [6.07, 6.45) is -2.39. The zero-order valence-corrected chi connectivity index (χ0v) is 9.43. The van der Waals surface area contributed by atoms with Gasteiger partial charge in [0.2, 0.25) is 0 Å². The van der Waals surface area contributed by atoms with E-state index >= 15 is 0 Å². The van der Waals surface area contributed by atoms with Crippen LogP contribution >= 0.6 is 11.6 Å². The number of rotatable bonds is 1. The van der Waals surface area contributed by atoms with Crippen LogP contribution in [0.2, 0.25) is 5.15 Å². The van der Waals surface area contributed by atoms with E-state index in [0.717, 1.165) is 18.3 Å². The summed E-state index contributed by atoms with van der Waals surface area (Å²) in [5.41, 5.74) is -0.897. The fourth-order valence-electron chi connectivity index (χ4n) is 1.36. The minimum Gasteiger partial charge on any atom is -0.261 e. The Hall–Kier alpha value is -1.69. The molecule has 0 amide bonds. The quantitative estimate of drug-likeness (QED) is 0.582. The Morgan fingerprint density at radius 2 is 1.78 bits per heavy atom. The molecule has 0 spiro atoms. The fraction of sp³-hybridized carbons (Fsp3) is 0.0909. The highest BCUT2D eigenvalue weighted by Crippen LogP contribution is 2.33. The Morgan fingerprint density at radius 3 is 2.39 bits per heavy atom. The molecule has 0 fully saturated rings. The Bertz CT molecular complexity index is 583. The fourth-order valence-corrected chi connectivity index (χ4v) is 1.57. The highest BCUT2D eigenvalue weighted by molar-refractivity contribution is 6.29. The largest absolute Gasteiger partial charge is 0.416 e. The molecule has 0 bridgehead atoms. The third-order valence-electron chi connectivity index (χ3n) is 2.12. The normalized spacial score (nSPS) is 11.6. The predicted molar refractivity (Wildman–Crippen MR) is 57.4 cm³/mol. The lowest BCUT2D eigenvalue weighted by molar-refractivity contribution is -0.137. The summed E-state index contributed by atoms with van der Waals surface area (Å²) in [5, 5.41) is -0.316. The Kier molecular flexibility index (Phi) is 3.21. The lowest BCUT2D eigenvalue weighted by atomic mass is 10.1. The molecular weight excluding hydrogens is 272 g/mol. The molecule has 0 aliphatic heterocycles. The van der Waals surface area contributed by atoms with E-state index in [9.17, 15) is 17.6 Å². The summed E-state index contributed by atoms with van der Waals surface area (Å²) >= 11 is 5.52. The maximum Gasteiger partial charge on any atom is 0.416 e. The van der Waals surface area contributed by atoms with Crippen molar-refractivity contribution in [2.24, 2.45) is 0 Å². The van der Waals surface area contributed by atoms with Gasteiger partial charge in [-0.05, 0) is 18.2 Å². The minimum absolute atomic E-state index is 0.0816. The minimum atomic E-state index is -4.54. The summed E-state index contributed by atoms with van der Waals surface area (Å²) in [4.78, 5) is 7.26. The maximum absolute atomic E-state index is 12.9. The van der Waals surface area contributed by atoms with E-state index in [1.807, 2.05) is 0 Å². The van der Waals surface area contributed by atoms with Gasteiger partial charge in [-0.1, -0.05) is 11.6 Å². The first-order chi connectivity index (χ1) is 8.36. The van der Waals surface area contributed by atoms with Crippen molar-refractivity contribution < 1.29 is 17.6 Å². The molecule has 7 heteroatoms. The monoisotopic (exact) mass is 276 g/mol. The van der Waals surface area contributed by atoms with Crippen LogP contribution in [0.25, 0.3) is 11.3 Å². The molecule has 0 unspecified atom stereocenters. The van der Waals surface area contributed by atoms with E-state index in [-0.39, 0.29) is 16.4 Å². The van der Waals surface area contributed by atoms with Crippen LogP contribution in [0, 0.1) is 5.82 Å². The molecule has 0 aromatic carbocycles. The number of alkyl halides is 3. The number of hydrogen-bond acceptors (Lipinski definition) is 2. The van der Waals surface area contributed by atoms with Gasteiger partial charge in [-0.3, -0.25) is 4.98 Å². The summed E-state index contributed by atoms with van der Waals surface area (Å²) in [6.45, 7) is 0. The zero-order valence-electron chi connectivity index (χ0n) is 8.67. The molecule has 2 aromatic heterocycles. The van der Waals surface area contributed by atoms with E-state index < -0.39 is 17.6 Å². The molecule has 2 heterocycles. The van der Waals surface area contributed by atoms with Gasteiger partial charge < -0.3 is 0 Å². The highest BCUT2D eigenvalue weighted by atomic mass is 35.5. The average Bonchev–Trinajstić information content (AvgIpc) is 2.27. The Labute approximate surface area is 104 Å². The number of halogens is 5. The lowest BCUT2D eigenvalue weighted by Gasteiger charge is -2.09. The molecule has 18 heavy (non-hydrogen) atoms. The van der Waals surface area contributed by atoms with Crippen LogP contribution in [0.3, 0.4) is 0 Å². The van der Waals surface area contributed by atoms with E-state index in [1.54, 1.807) is 0 Å². The molecule has 0 saturated carbocycles. The smallest absolute Gasteiger partial charge is 0.261 e. The zero-order chi connectivity index (χ0) is 13.3. The molecule has 94 valence electrons. The van der Waals surface area contributed by atoms with E-state index in [2.05, 4.69) is 9.97 Å². The lowest BCUT2D eigenvalue weighted by Crippen LogP contribution is -2.05. The second kappa shape index (κ2) is 4.53. The van der Waals surface area contributed by atoms with Crippen LogP contribution in [0.1, 0.15) is 5.56 Å².